The smallest absolute Gasteiger partial charge is 0.232 e. The van der Waals surface area contributed by atoms with Crippen molar-refractivity contribution in [3.05, 3.63) is 94.4 Å². The maximum absolute atomic E-state index is 13.5. The second-order valence-electron chi connectivity index (χ2n) is 9.31. The van der Waals surface area contributed by atoms with Gasteiger partial charge in [0.2, 0.25) is 5.78 Å². The van der Waals surface area contributed by atoms with Crippen molar-refractivity contribution in [2.45, 2.75) is 33.5 Å². The second-order valence-corrected chi connectivity index (χ2v) is 9.31. The number of fused-ring (bicyclic) bond motifs is 4. The number of para-hydroxylation sites is 1. The number of rotatable bonds is 5. The molecule has 1 aromatic heterocycles. The van der Waals surface area contributed by atoms with E-state index in [1.54, 1.807) is 7.11 Å². The van der Waals surface area contributed by atoms with E-state index in [-0.39, 0.29) is 5.78 Å². The number of Topliss-reactive ketones (excluding diaryl/α,β-unsaturated/α-hetero) is 1. The fourth-order valence-electron chi connectivity index (χ4n) is 5.16. The highest BCUT2D eigenvalue weighted by Crippen LogP contribution is 2.44. The van der Waals surface area contributed by atoms with Crippen molar-refractivity contribution >= 4 is 22.8 Å². The molecule has 0 saturated carbocycles. The van der Waals surface area contributed by atoms with E-state index in [2.05, 4.69) is 46.9 Å². The van der Waals surface area contributed by atoms with Crippen molar-refractivity contribution in [1.29, 1.82) is 0 Å². The van der Waals surface area contributed by atoms with E-state index in [0.717, 1.165) is 57.7 Å². The zero-order valence-electron chi connectivity index (χ0n) is 20.7. The van der Waals surface area contributed by atoms with Gasteiger partial charge in [0.1, 0.15) is 24.0 Å². The van der Waals surface area contributed by atoms with Crippen LogP contribution < -0.4 is 14.2 Å². The van der Waals surface area contributed by atoms with Gasteiger partial charge in [-0.2, -0.15) is 0 Å². The van der Waals surface area contributed by atoms with Crippen molar-refractivity contribution in [2.24, 2.45) is 0 Å². The van der Waals surface area contributed by atoms with Crippen molar-refractivity contribution in [3.63, 3.8) is 0 Å². The molecule has 182 valence electrons. The molecule has 6 nitrogen and oxygen atoms in total. The average Bonchev–Trinajstić information content (AvgIpc) is 3.43. The van der Waals surface area contributed by atoms with Crippen LogP contribution in [-0.2, 0) is 19.6 Å². The van der Waals surface area contributed by atoms with E-state index in [9.17, 15) is 4.79 Å². The molecule has 0 N–H and O–H groups in total. The molecule has 36 heavy (non-hydrogen) atoms. The number of carbonyl (C=O) groups excluding carboxylic acids is 1. The Bertz CT molecular complexity index is 1510. The van der Waals surface area contributed by atoms with Crippen molar-refractivity contribution in [1.82, 2.24) is 9.47 Å². The van der Waals surface area contributed by atoms with Gasteiger partial charge >= 0.3 is 0 Å². The van der Waals surface area contributed by atoms with Gasteiger partial charge in [-0.3, -0.25) is 9.69 Å². The number of nitrogens with zero attached hydrogens (tertiary/aromatic N) is 2. The number of carbonyl (C=O) groups is 1. The number of aromatic nitrogens is 1. The number of benzene rings is 3. The standard InChI is InChI=1S/C30H28N2O4/c1-4-32-16-21(23-7-5-6-8-25(23)32)14-27-29(33)28-19(2)13-26-24(30(28)36-27)17-31(18-35-26)15-20-9-11-22(34-3)12-10-20/h5-14,16H,4,15,17-18H2,1-3H3/b27-14-. The Balaban J connectivity index is 1.32. The molecule has 0 saturated heterocycles. The Hall–Kier alpha value is -4.03. The summed E-state index contributed by atoms with van der Waals surface area (Å²) in [6.45, 7) is 6.75. The van der Waals surface area contributed by atoms with Gasteiger partial charge in [0, 0.05) is 42.3 Å². The number of ketones is 1. The SMILES string of the molecule is CCn1cc(/C=C2\Oc3c4c(cc(C)c3C2=O)OCN(Cc2ccc(OC)cc2)C4)c2ccccc21. The first-order chi connectivity index (χ1) is 17.6. The number of aryl methyl sites for hydroxylation is 2. The van der Waals surface area contributed by atoms with Gasteiger partial charge in [-0.15, -0.1) is 0 Å². The molecular formula is C30H28N2O4. The fourth-order valence-corrected chi connectivity index (χ4v) is 5.16. The van der Waals surface area contributed by atoms with Crippen LogP contribution in [0.4, 0.5) is 0 Å². The first-order valence-electron chi connectivity index (χ1n) is 12.2. The zero-order chi connectivity index (χ0) is 24.8. The van der Waals surface area contributed by atoms with Crippen molar-refractivity contribution in [2.75, 3.05) is 13.8 Å². The number of methoxy groups -OCH3 is 1. The third-order valence-corrected chi connectivity index (χ3v) is 7.00. The van der Waals surface area contributed by atoms with Gasteiger partial charge in [0.25, 0.3) is 0 Å². The van der Waals surface area contributed by atoms with Crippen LogP contribution in [0.5, 0.6) is 17.2 Å². The molecule has 0 unspecified atom stereocenters. The molecule has 2 aliphatic heterocycles. The first-order valence-corrected chi connectivity index (χ1v) is 12.2. The van der Waals surface area contributed by atoms with Crippen molar-refractivity contribution in [3.8, 4) is 17.2 Å². The minimum Gasteiger partial charge on any atom is -0.497 e. The van der Waals surface area contributed by atoms with Gasteiger partial charge in [-0.25, -0.2) is 0 Å². The van der Waals surface area contributed by atoms with E-state index >= 15 is 0 Å². The molecule has 0 atom stereocenters. The van der Waals surface area contributed by atoms with Gasteiger partial charge < -0.3 is 18.8 Å². The molecule has 0 spiro atoms. The second kappa shape index (κ2) is 8.88. The third kappa shape index (κ3) is 3.74. The van der Waals surface area contributed by atoms with Crippen LogP contribution in [0, 0.1) is 6.92 Å². The predicted octanol–water partition coefficient (Wildman–Crippen LogP) is 5.95. The Kier molecular flexibility index (Phi) is 5.53. The maximum atomic E-state index is 13.5. The molecule has 6 heteroatoms. The van der Waals surface area contributed by atoms with Crippen LogP contribution in [0.25, 0.3) is 17.0 Å². The highest BCUT2D eigenvalue weighted by atomic mass is 16.5. The summed E-state index contributed by atoms with van der Waals surface area (Å²) in [4.78, 5) is 15.7. The Morgan fingerprint density at radius 2 is 1.92 bits per heavy atom. The molecule has 6 rings (SSSR count). The minimum atomic E-state index is -0.0779. The van der Waals surface area contributed by atoms with Crippen LogP contribution in [-0.4, -0.2) is 29.1 Å². The number of ether oxygens (including phenoxy) is 3. The van der Waals surface area contributed by atoms with Gasteiger partial charge in [0.15, 0.2) is 5.76 Å². The van der Waals surface area contributed by atoms with Gasteiger partial charge in [0.05, 0.1) is 18.2 Å². The predicted molar refractivity (Wildman–Crippen MR) is 139 cm³/mol. The summed E-state index contributed by atoms with van der Waals surface area (Å²) < 4.78 is 19.9. The van der Waals surface area contributed by atoms with E-state index in [1.165, 1.54) is 0 Å². The summed E-state index contributed by atoms with van der Waals surface area (Å²) in [5.74, 6) is 2.52. The Morgan fingerprint density at radius 3 is 2.69 bits per heavy atom. The number of hydrogen-bond acceptors (Lipinski definition) is 5. The van der Waals surface area contributed by atoms with Crippen LogP contribution in [0.1, 0.15) is 39.5 Å². The molecule has 3 heterocycles. The van der Waals surface area contributed by atoms with E-state index in [1.807, 2.05) is 43.3 Å². The van der Waals surface area contributed by atoms with Gasteiger partial charge in [-0.1, -0.05) is 30.3 Å². The molecule has 0 fully saturated rings. The molecule has 0 radical (unpaired) electrons. The summed E-state index contributed by atoms with van der Waals surface area (Å²) in [5.41, 5.74) is 5.71. The molecule has 0 amide bonds. The first kappa shape index (κ1) is 22.4. The van der Waals surface area contributed by atoms with E-state index in [4.69, 9.17) is 14.2 Å². The maximum Gasteiger partial charge on any atom is 0.232 e. The lowest BCUT2D eigenvalue weighted by Gasteiger charge is -2.30. The molecule has 0 bridgehead atoms. The van der Waals surface area contributed by atoms with E-state index in [0.29, 0.717) is 30.3 Å². The van der Waals surface area contributed by atoms with Gasteiger partial charge in [-0.05, 0) is 55.3 Å². The highest BCUT2D eigenvalue weighted by Gasteiger charge is 2.35. The third-order valence-electron chi connectivity index (χ3n) is 7.00. The lowest BCUT2D eigenvalue weighted by molar-refractivity contribution is 0.0872. The summed E-state index contributed by atoms with van der Waals surface area (Å²) >= 11 is 0. The molecule has 4 aromatic rings. The molecule has 3 aromatic carbocycles. The summed E-state index contributed by atoms with van der Waals surface area (Å²) in [6.07, 6.45) is 3.96. The van der Waals surface area contributed by atoms with E-state index < -0.39 is 0 Å². The Morgan fingerprint density at radius 1 is 1.11 bits per heavy atom. The topological polar surface area (TPSA) is 52.9 Å². The summed E-state index contributed by atoms with van der Waals surface area (Å²) in [6, 6.07) is 18.2. The lowest BCUT2D eigenvalue weighted by Crippen LogP contribution is -2.31. The summed E-state index contributed by atoms with van der Waals surface area (Å²) in [7, 11) is 1.67. The Labute approximate surface area is 210 Å². The van der Waals surface area contributed by atoms with Crippen LogP contribution in [0.2, 0.25) is 0 Å². The van der Waals surface area contributed by atoms with Crippen LogP contribution in [0.15, 0.2) is 66.6 Å². The summed E-state index contributed by atoms with van der Waals surface area (Å²) in [5, 5.41) is 1.10. The zero-order valence-corrected chi connectivity index (χ0v) is 20.7. The largest absolute Gasteiger partial charge is 0.497 e. The van der Waals surface area contributed by atoms with Crippen LogP contribution >= 0.6 is 0 Å². The molecule has 2 aliphatic rings. The van der Waals surface area contributed by atoms with Crippen LogP contribution in [0.3, 0.4) is 0 Å². The number of hydrogen-bond donors (Lipinski definition) is 0. The monoisotopic (exact) mass is 480 g/mol. The minimum absolute atomic E-state index is 0.0779. The van der Waals surface area contributed by atoms with Crippen molar-refractivity contribution < 1.29 is 19.0 Å². The fraction of sp³-hybridized carbons (Fsp3) is 0.233. The molecular weight excluding hydrogens is 452 g/mol. The molecule has 0 aliphatic carbocycles. The quantitative estimate of drug-likeness (QED) is 0.331. The highest BCUT2D eigenvalue weighted by molar-refractivity contribution is 6.16. The number of allylic oxidation sites excluding steroid dienone is 1. The lowest BCUT2D eigenvalue weighted by atomic mass is 9.98. The average molecular weight is 481 g/mol. The normalized spacial score (nSPS) is 16.1.